The molecule has 0 aromatic carbocycles. The van der Waals surface area contributed by atoms with E-state index in [4.69, 9.17) is 10.2 Å². The first-order valence-electron chi connectivity index (χ1n) is 6.81. The quantitative estimate of drug-likeness (QED) is 0.754. The van der Waals surface area contributed by atoms with Crippen LogP contribution in [0.5, 0.6) is 0 Å². The molecular weight excluding hydrogens is 212 g/mol. The largest absolute Gasteiger partial charge is 0.468 e. The third kappa shape index (κ3) is 4.17. The summed E-state index contributed by atoms with van der Waals surface area (Å²) in [5.74, 6) is 1.06. The molecule has 1 aliphatic rings. The monoisotopic (exact) mass is 236 g/mol. The Hall–Kier alpha value is -0.800. The molecule has 0 amide bonds. The van der Waals surface area contributed by atoms with Crippen molar-refractivity contribution >= 4 is 0 Å². The summed E-state index contributed by atoms with van der Waals surface area (Å²) in [5.41, 5.74) is 6.18. The van der Waals surface area contributed by atoms with Gasteiger partial charge < -0.3 is 10.2 Å². The summed E-state index contributed by atoms with van der Waals surface area (Å²) in [5, 5.41) is 0. The van der Waals surface area contributed by atoms with Crippen molar-refractivity contribution in [2.24, 2.45) is 5.73 Å². The fraction of sp³-hybridized carbons (Fsp3) is 0.714. The second kappa shape index (κ2) is 6.22. The summed E-state index contributed by atoms with van der Waals surface area (Å²) in [4.78, 5) is 2.49. The molecule has 0 saturated heterocycles. The van der Waals surface area contributed by atoms with E-state index < -0.39 is 0 Å². The molecule has 1 aromatic rings. The molecule has 0 radical (unpaired) electrons. The number of furan rings is 1. The summed E-state index contributed by atoms with van der Waals surface area (Å²) in [7, 11) is 0. The average molecular weight is 236 g/mol. The van der Waals surface area contributed by atoms with Crippen LogP contribution in [0.1, 0.15) is 44.8 Å². The van der Waals surface area contributed by atoms with Gasteiger partial charge in [0.05, 0.1) is 12.8 Å². The van der Waals surface area contributed by atoms with E-state index in [0.29, 0.717) is 6.04 Å². The van der Waals surface area contributed by atoms with Crippen LogP contribution in [-0.2, 0) is 6.54 Å². The molecule has 3 nitrogen and oxygen atoms in total. The number of hydrogen-bond donors (Lipinski definition) is 1. The van der Waals surface area contributed by atoms with Crippen LogP contribution in [0.25, 0.3) is 0 Å². The van der Waals surface area contributed by atoms with Crippen molar-refractivity contribution in [3.05, 3.63) is 24.2 Å². The van der Waals surface area contributed by atoms with Crippen LogP contribution in [0, 0.1) is 0 Å². The highest BCUT2D eigenvalue weighted by Crippen LogP contribution is 2.28. The second-order valence-corrected chi connectivity index (χ2v) is 5.14. The Labute approximate surface area is 104 Å². The van der Waals surface area contributed by atoms with E-state index in [2.05, 4.69) is 11.8 Å². The Morgan fingerprint density at radius 2 is 2.35 bits per heavy atom. The summed E-state index contributed by atoms with van der Waals surface area (Å²) in [6.45, 7) is 4.14. The minimum Gasteiger partial charge on any atom is -0.468 e. The standard InChI is InChI=1S/C14H24N2O/c1-2-3-5-12(15)10-16(13-7-8-13)11-14-6-4-9-17-14/h4,6,9,12-13H,2-3,5,7-8,10-11,15H2,1H3. The first-order valence-corrected chi connectivity index (χ1v) is 6.81. The highest BCUT2D eigenvalue weighted by molar-refractivity contribution is 5.00. The molecule has 3 heteroatoms. The minimum absolute atomic E-state index is 0.311. The molecule has 0 spiro atoms. The smallest absolute Gasteiger partial charge is 0.117 e. The molecule has 1 unspecified atom stereocenters. The first kappa shape index (κ1) is 12.7. The maximum atomic E-state index is 6.18. The summed E-state index contributed by atoms with van der Waals surface area (Å²) >= 11 is 0. The molecule has 2 rings (SSSR count). The topological polar surface area (TPSA) is 42.4 Å². The van der Waals surface area contributed by atoms with Gasteiger partial charge in [-0.05, 0) is 31.4 Å². The van der Waals surface area contributed by atoms with Gasteiger partial charge in [-0.1, -0.05) is 19.8 Å². The Morgan fingerprint density at radius 3 is 2.94 bits per heavy atom. The average Bonchev–Trinajstić information content (AvgIpc) is 3.05. The van der Waals surface area contributed by atoms with Crippen LogP contribution < -0.4 is 5.73 Å². The number of hydrogen-bond acceptors (Lipinski definition) is 3. The van der Waals surface area contributed by atoms with E-state index in [9.17, 15) is 0 Å². The number of nitrogens with two attached hydrogens (primary N) is 1. The zero-order chi connectivity index (χ0) is 12.1. The summed E-state index contributed by atoms with van der Waals surface area (Å²) in [6, 6.07) is 5.06. The van der Waals surface area contributed by atoms with E-state index >= 15 is 0 Å². The molecule has 0 aliphatic heterocycles. The lowest BCUT2D eigenvalue weighted by Crippen LogP contribution is -2.38. The summed E-state index contributed by atoms with van der Waals surface area (Å²) < 4.78 is 5.42. The molecule has 1 fully saturated rings. The molecule has 1 aliphatic carbocycles. The first-order chi connectivity index (χ1) is 8.29. The van der Waals surface area contributed by atoms with Gasteiger partial charge in [0.25, 0.3) is 0 Å². The predicted octanol–water partition coefficient (Wildman–Crippen LogP) is 2.76. The zero-order valence-corrected chi connectivity index (χ0v) is 10.8. The van der Waals surface area contributed by atoms with E-state index in [-0.39, 0.29) is 0 Å². The van der Waals surface area contributed by atoms with Crippen LogP contribution in [0.4, 0.5) is 0 Å². The fourth-order valence-electron chi connectivity index (χ4n) is 2.24. The lowest BCUT2D eigenvalue weighted by Gasteiger charge is -2.24. The van der Waals surface area contributed by atoms with Crippen molar-refractivity contribution in [3.63, 3.8) is 0 Å². The van der Waals surface area contributed by atoms with Crippen molar-refractivity contribution in [1.82, 2.24) is 4.90 Å². The third-order valence-electron chi connectivity index (χ3n) is 3.40. The molecule has 17 heavy (non-hydrogen) atoms. The molecular formula is C14H24N2O. The highest BCUT2D eigenvalue weighted by Gasteiger charge is 2.30. The van der Waals surface area contributed by atoms with Crippen LogP contribution >= 0.6 is 0 Å². The molecule has 0 bridgehead atoms. The van der Waals surface area contributed by atoms with Gasteiger partial charge in [0, 0.05) is 18.6 Å². The van der Waals surface area contributed by atoms with Crippen LogP contribution in [0.3, 0.4) is 0 Å². The molecule has 96 valence electrons. The second-order valence-electron chi connectivity index (χ2n) is 5.14. The molecule has 1 atom stereocenters. The fourth-order valence-corrected chi connectivity index (χ4v) is 2.24. The van der Waals surface area contributed by atoms with Crippen molar-refractivity contribution < 1.29 is 4.42 Å². The van der Waals surface area contributed by atoms with E-state index in [1.165, 1.54) is 25.7 Å². The van der Waals surface area contributed by atoms with E-state index in [0.717, 1.165) is 31.3 Å². The van der Waals surface area contributed by atoms with Gasteiger partial charge in [-0.3, -0.25) is 4.90 Å². The van der Waals surface area contributed by atoms with Gasteiger partial charge >= 0.3 is 0 Å². The van der Waals surface area contributed by atoms with Crippen molar-refractivity contribution in [2.75, 3.05) is 6.54 Å². The lowest BCUT2D eigenvalue weighted by atomic mass is 10.1. The van der Waals surface area contributed by atoms with Crippen molar-refractivity contribution in [2.45, 2.75) is 57.7 Å². The maximum absolute atomic E-state index is 6.18. The number of nitrogens with zero attached hydrogens (tertiary/aromatic N) is 1. The van der Waals surface area contributed by atoms with E-state index in [1.807, 2.05) is 12.1 Å². The van der Waals surface area contributed by atoms with Crippen LogP contribution in [0.15, 0.2) is 22.8 Å². The minimum atomic E-state index is 0.311. The maximum Gasteiger partial charge on any atom is 0.117 e. The molecule has 1 heterocycles. The molecule has 1 aromatic heterocycles. The highest BCUT2D eigenvalue weighted by atomic mass is 16.3. The third-order valence-corrected chi connectivity index (χ3v) is 3.40. The number of rotatable bonds is 8. The van der Waals surface area contributed by atoms with Crippen LogP contribution in [-0.4, -0.2) is 23.5 Å². The Balaban J connectivity index is 1.80. The lowest BCUT2D eigenvalue weighted by molar-refractivity contribution is 0.215. The Morgan fingerprint density at radius 1 is 1.53 bits per heavy atom. The predicted molar refractivity (Wildman–Crippen MR) is 69.6 cm³/mol. The van der Waals surface area contributed by atoms with E-state index in [1.54, 1.807) is 6.26 Å². The van der Waals surface area contributed by atoms with Gasteiger partial charge in [0.15, 0.2) is 0 Å². The number of unbranched alkanes of at least 4 members (excludes halogenated alkanes) is 1. The van der Waals surface area contributed by atoms with Gasteiger partial charge in [0.1, 0.15) is 5.76 Å². The van der Waals surface area contributed by atoms with Crippen molar-refractivity contribution in [3.8, 4) is 0 Å². The van der Waals surface area contributed by atoms with Crippen molar-refractivity contribution in [1.29, 1.82) is 0 Å². The van der Waals surface area contributed by atoms with Gasteiger partial charge in [0.2, 0.25) is 0 Å². The normalized spacial score (nSPS) is 17.6. The zero-order valence-electron chi connectivity index (χ0n) is 10.8. The summed E-state index contributed by atoms with van der Waals surface area (Å²) in [6.07, 6.45) is 7.99. The van der Waals surface area contributed by atoms with Gasteiger partial charge in [-0.25, -0.2) is 0 Å². The molecule has 2 N–H and O–H groups in total. The van der Waals surface area contributed by atoms with Gasteiger partial charge in [-0.15, -0.1) is 0 Å². The van der Waals surface area contributed by atoms with Gasteiger partial charge in [-0.2, -0.15) is 0 Å². The molecule has 1 saturated carbocycles. The Kier molecular flexibility index (Phi) is 4.63. The van der Waals surface area contributed by atoms with Crippen LogP contribution in [0.2, 0.25) is 0 Å². The SMILES string of the molecule is CCCCC(N)CN(Cc1ccco1)C1CC1. The Bertz CT molecular complexity index is 306.